The molecule has 0 radical (unpaired) electrons. The molecule has 0 aromatic carbocycles. The number of allylic oxidation sites excluding steroid dienone is 2. The van der Waals surface area contributed by atoms with Crippen LogP contribution in [-0.4, -0.2) is 82.3 Å². The normalized spacial score (nSPS) is 12.8. The summed E-state index contributed by atoms with van der Waals surface area (Å²) in [4.78, 5) is 36.9. The van der Waals surface area contributed by atoms with Crippen LogP contribution in [0.25, 0.3) is 0 Å². The van der Waals surface area contributed by atoms with Gasteiger partial charge in [-0.15, -0.1) is 0 Å². The summed E-state index contributed by atoms with van der Waals surface area (Å²) in [5.41, 5.74) is 0. The minimum Gasteiger partial charge on any atom is -0.545 e. The molecule has 0 rings (SSSR count). The molecule has 0 aliphatic rings. The second-order valence-corrected chi connectivity index (χ2v) is 19.5. The van der Waals surface area contributed by atoms with E-state index in [-0.39, 0.29) is 32.2 Å². The number of carboxylic acids is 1. The van der Waals surface area contributed by atoms with Crippen LogP contribution >= 0.6 is 0 Å². The van der Waals surface area contributed by atoms with Gasteiger partial charge in [0.05, 0.1) is 40.3 Å². The van der Waals surface area contributed by atoms with Gasteiger partial charge >= 0.3 is 11.9 Å². The second-order valence-electron chi connectivity index (χ2n) is 19.5. The van der Waals surface area contributed by atoms with E-state index in [0.717, 1.165) is 38.5 Å². The van der Waals surface area contributed by atoms with Gasteiger partial charge in [-0.2, -0.15) is 0 Å². The molecule has 0 aliphatic carbocycles. The van der Waals surface area contributed by atoms with Crippen molar-refractivity contribution >= 4 is 17.9 Å². The van der Waals surface area contributed by atoms with Gasteiger partial charge in [-0.25, -0.2) is 0 Å². The number of carbonyl (C=O) groups excluding carboxylic acids is 3. The van der Waals surface area contributed by atoms with E-state index >= 15 is 0 Å². The molecule has 2 unspecified atom stereocenters. The summed E-state index contributed by atoms with van der Waals surface area (Å²) in [5, 5.41) is 11.7. The highest BCUT2D eigenvalue weighted by atomic mass is 16.7. The zero-order valence-electron chi connectivity index (χ0n) is 42.2. The van der Waals surface area contributed by atoms with Crippen molar-refractivity contribution in [3.05, 3.63) is 12.2 Å². The van der Waals surface area contributed by atoms with Gasteiger partial charge < -0.3 is 33.3 Å². The minimum absolute atomic E-state index is 0.151. The number of hydrogen-bond acceptors (Lipinski definition) is 8. The SMILES string of the molecule is CCCCCCCCCC/C=C\CCCCCCCCCCCCCCCCCCCCCC(=O)OC(COC(=O)CCCCCCCCC)COC(OCC[N+](C)(C)C)C(=O)[O-]. The van der Waals surface area contributed by atoms with Gasteiger partial charge in [-0.05, 0) is 38.5 Å². The number of hydrogen-bond donors (Lipinski definition) is 0. The molecule has 0 fully saturated rings. The maximum Gasteiger partial charge on any atom is 0.306 e. The molecule has 2 atom stereocenters. The fourth-order valence-corrected chi connectivity index (χ4v) is 7.83. The first kappa shape index (κ1) is 61.0. The van der Waals surface area contributed by atoms with Crippen LogP contribution in [-0.2, 0) is 33.3 Å². The smallest absolute Gasteiger partial charge is 0.306 e. The third-order valence-electron chi connectivity index (χ3n) is 12.0. The predicted molar refractivity (Wildman–Crippen MR) is 260 cm³/mol. The van der Waals surface area contributed by atoms with E-state index in [2.05, 4.69) is 26.0 Å². The number of rotatable bonds is 50. The van der Waals surface area contributed by atoms with E-state index in [0.29, 0.717) is 17.4 Å². The lowest BCUT2D eigenvalue weighted by Gasteiger charge is -2.26. The number of quaternary nitrogens is 1. The summed E-state index contributed by atoms with van der Waals surface area (Å²) in [6.07, 6.45) is 48.7. The molecule has 0 N–H and O–H groups in total. The molecule has 0 aromatic heterocycles. The quantitative estimate of drug-likeness (QED) is 0.0195. The van der Waals surface area contributed by atoms with E-state index in [9.17, 15) is 19.5 Å². The molecule has 372 valence electrons. The molecular formula is C54H103NO8. The molecule has 0 amide bonds. The van der Waals surface area contributed by atoms with Gasteiger partial charge in [0.2, 0.25) is 0 Å². The Morgan fingerprint density at radius 1 is 0.460 bits per heavy atom. The van der Waals surface area contributed by atoms with Crippen molar-refractivity contribution in [2.75, 3.05) is 47.5 Å². The number of ether oxygens (including phenoxy) is 4. The van der Waals surface area contributed by atoms with Crippen LogP contribution < -0.4 is 5.11 Å². The molecule has 0 heterocycles. The largest absolute Gasteiger partial charge is 0.545 e. The number of unbranched alkanes of at least 4 members (excludes halogenated alkanes) is 33. The molecule has 0 aliphatic heterocycles. The van der Waals surface area contributed by atoms with Gasteiger partial charge in [0.15, 0.2) is 12.4 Å². The van der Waals surface area contributed by atoms with Crippen molar-refractivity contribution in [1.82, 2.24) is 0 Å². The first-order chi connectivity index (χ1) is 30.6. The highest BCUT2D eigenvalue weighted by Crippen LogP contribution is 2.17. The van der Waals surface area contributed by atoms with Crippen LogP contribution in [0, 0.1) is 0 Å². The van der Waals surface area contributed by atoms with Crippen molar-refractivity contribution in [1.29, 1.82) is 0 Å². The lowest BCUT2D eigenvalue weighted by Crippen LogP contribution is -2.44. The lowest BCUT2D eigenvalue weighted by atomic mass is 10.0. The molecule has 9 nitrogen and oxygen atoms in total. The summed E-state index contributed by atoms with van der Waals surface area (Å²) >= 11 is 0. The second kappa shape index (κ2) is 46.6. The minimum atomic E-state index is -1.61. The van der Waals surface area contributed by atoms with E-state index in [1.807, 2.05) is 21.1 Å². The van der Waals surface area contributed by atoms with Gasteiger partial charge in [-0.1, -0.05) is 219 Å². The number of carboxylic acid groups (broad SMARTS) is 1. The van der Waals surface area contributed by atoms with Crippen molar-refractivity contribution in [2.45, 2.75) is 270 Å². The maximum absolute atomic E-state index is 12.8. The highest BCUT2D eigenvalue weighted by molar-refractivity contribution is 5.70. The molecule has 0 saturated carbocycles. The Bertz CT molecular complexity index is 1040. The first-order valence-corrected chi connectivity index (χ1v) is 26.8. The van der Waals surface area contributed by atoms with Gasteiger partial charge in [0.1, 0.15) is 13.2 Å². The van der Waals surface area contributed by atoms with E-state index < -0.39 is 24.3 Å². The number of esters is 2. The van der Waals surface area contributed by atoms with Crippen molar-refractivity contribution in [3.63, 3.8) is 0 Å². The Labute approximate surface area is 389 Å². The molecular weight excluding hydrogens is 791 g/mol. The van der Waals surface area contributed by atoms with Gasteiger partial charge in [0.25, 0.3) is 0 Å². The maximum atomic E-state index is 12.8. The Kier molecular flexibility index (Phi) is 45.1. The summed E-state index contributed by atoms with van der Waals surface area (Å²) in [6, 6.07) is 0. The first-order valence-electron chi connectivity index (χ1n) is 26.8. The summed E-state index contributed by atoms with van der Waals surface area (Å²) in [7, 11) is 5.91. The van der Waals surface area contributed by atoms with Crippen LogP contribution in [0.3, 0.4) is 0 Å². The van der Waals surface area contributed by atoms with E-state index in [4.69, 9.17) is 18.9 Å². The topological polar surface area (TPSA) is 111 Å². The average molecular weight is 894 g/mol. The molecule has 0 aromatic rings. The average Bonchev–Trinajstić information content (AvgIpc) is 3.24. The Morgan fingerprint density at radius 2 is 0.810 bits per heavy atom. The number of aliphatic carboxylic acids is 1. The van der Waals surface area contributed by atoms with E-state index in [1.54, 1.807) is 0 Å². The summed E-state index contributed by atoms with van der Waals surface area (Å²) in [6.45, 7) is 4.72. The molecule has 0 bridgehead atoms. The van der Waals surface area contributed by atoms with Crippen LogP contribution in [0.5, 0.6) is 0 Å². The zero-order valence-corrected chi connectivity index (χ0v) is 42.2. The number of likely N-dealkylation sites (N-methyl/N-ethyl adjacent to an activating group) is 1. The Balaban J connectivity index is 3.96. The van der Waals surface area contributed by atoms with Gasteiger partial charge in [-0.3, -0.25) is 9.59 Å². The predicted octanol–water partition coefficient (Wildman–Crippen LogP) is 13.7. The van der Waals surface area contributed by atoms with Crippen molar-refractivity contribution in [3.8, 4) is 0 Å². The number of carbonyl (C=O) groups is 3. The van der Waals surface area contributed by atoms with Crippen LogP contribution in [0.4, 0.5) is 0 Å². The molecule has 63 heavy (non-hydrogen) atoms. The molecule has 0 spiro atoms. The van der Waals surface area contributed by atoms with Crippen molar-refractivity contribution < 1.29 is 42.9 Å². The fourth-order valence-electron chi connectivity index (χ4n) is 7.83. The van der Waals surface area contributed by atoms with Crippen LogP contribution in [0.1, 0.15) is 258 Å². The molecule has 0 saturated heterocycles. The van der Waals surface area contributed by atoms with Crippen LogP contribution in [0.2, 0.25) is 0 Å². The highest BCUT2D eigenvalue weighted by Gasteiger charge is 2.22. The molecule has 9 heteroatoms. The summed E-state index contributed by atoms with van der Waals surface area (Å²) in [5.74, 6) is -2.27. The van der Waals surface area contributed by atoms with Crippen LogP contribution in [0.15, 0.2) is 12.2 Å². The Hall–Kier alpha value is -1.97. The summed E-state index contributed by atoms with van der Waals surface area (Å²) < 4.78 is 22.5. The fraction of sp³-hybridized carbons (Fsp3) is 0.907. The standard InChI is InChI=1S/C54H103NO8/c1-6-8-10-12-14-15-16-17-18-19-20-21-22-23-24-25-26-27-28-29-30-31-32-33-34-35-36-37-39-41-43-45-52(57)63-50(48-61-51(56)44-42-40-38-13-11-9-7-2)49-62-54(53(58)59)60-47-46-55(3,4)5/h19-20,50,54H,6-18,21-49H2,1-5H3/b20-19-. The lowest BCUT2D eigenvalue weighted by molar-refractivity contribution is -0.870. The Morgan fingerprint density at radius 3 is 1.17 bits per heavy atom. The third-order valence-corrected chi connectivity index (χ3v) is 12.0. The van der Waals surface area contributed by atoms with E-state index in [1.165, 1.54) is 193 Å². The van der Waals surface area contributed by atoms with Gasteiger partial charge in [0, 0.05) is 12.8 Å². The van der Waals surface area contributed by atoms with Crippen molar-refractivity contribution in [2.24, 2.45) is 0 Å². The zero-order chi connectivity index (χ0) is 46.3. The monoisotopic (exact) mass is 894 g/mol. The third kappa shape index (κ3) is 47.8. The number of nitrogens with zero attached hydrogens (tertiary/aromatic N) is 1.